The molecule has 32 heavy (non-hydrogen) atoms. The van der Waals surface area contributed by atoms with E-state index in [0.29, 0.717) is 25.6 Å². The third-order valence-corrected chi connectivity index (χ3v) is 6.35. The zero-order valence-electron chi connectivity index (χ0n) is 17.8. The van der Waals surface area contributed by atoms with Gasteiger partial charge in [-0.05, 0) is 55.3 Å². The highest BCUT2D eigenvalue weighted by atomic mass is 35.5. The molecule has 2 heterocycles. The molecule has 0 fully saturated rings. The number of allylic oxidation sites excluding steroid dienone is 1. The molecule has 1 aromatic heterocycles. The van der Waals surface area contributed by atoms with Crippen LogP contribution in [0.15, 0.2) is 69.6 Å². The van der Waals surface area contributed by atoms with Crippen molar-refractivity contribution in [2.75, 3.05) is 13.7 Å². The lowest BCUT2D eigenvalue weighted by Crippen LogP contribution is -2.39. The van der Waals surface area contributed by atoms with Crippen molar-refractivity contribution < 1.29 is 14.3 Å². The van der Waals surface area contributed by atoms with E-state index in [9.17, 15) is 9.59 Å². The largest absolute Gasteiger partial charge is 0.497 e. The fourth-order valence-electron chi connectivity index (χ4n) is 3.60. The summed E-state index contributed by atoms with van der Waals surface area (Å²) in [6.45, 7) is 3.73. The number of nitrogens with zero attached hydrogens (tertiary/aromatic N) is 2. The van der Waals surface area contributed by atoms with Crippen LogP contribution < -0.4 is 19.6 Å². The summed E-state index contributed by atoms with van der Waals surface area (Å²) in [7, 11) is 1.60. The highest BCUT2D eigenvalue weighted by Crippen LogP contribution is 2.31. The van der Waals surface area contributed by atoms with E-state index >= 15 is 0 Å². The smallest absolute Gasteiger partial charge is 0.338 e. The van der Waals surface area contributed by atoms with E-state index in [0.717, 1.165) is 16.9 Å². The molecule has 0 aliphatic carbocycles. The third-order valence-electron chi connectivity index (χ3n) is 5.12. The van der Waals surface area contributed by atoms with Gasteiger partial charge in [-0.3, -0.25) is 9.36 Å². The van der Waals surface area contributed by atoms with Gasteiger partial charge in [-0.15, -0.1) is 0 Å². The Morgan fingerprint density at radius 1 is 1.19 bits per heavy atom. The van der Waals surface area contributed by atoms with Gasteiger partial charge in [-0.2, -0.15) is 0 Å². The fourth-order valence-corrected chi connectivity index (χ4v) is 4.78. The average molecular weight is 469 g/mol. The first-order valence-electron chi connectivity index (χ1n) is 10.0. The van der Waals surface area contributed by atoms with Gasteiger partial charge in [0.2, 0.25) is 0 Å². The van der Waals surface area contributed by atoms with Crippen LogP contribution in [0.1, 0.15) is 31.0 Å². The molecule has 0 unspecified atom stereocenters. The van der Waals surface area contributed by atoms with E-state index in [1.54, 1.807) is 37.7 Å². The maximum atomic E-state index is 13.5. The van der Waals surface area contributed by atoms with Crippen LogP contribution in [0.2, 0.25) is 5.02 Å². The Morgan fingerprint density at radius 2 is 1.88 bits per heavy atom. The Kier molecular flexibility index (Phi) is 6.30. The molecule has 6 nitrogen and oxygen atoms in total. The van der Waals surface area contributed by atoms with E-state index in [1.165, 1.54) is 11.3 Å². The van der Waals surface area contributed by atoms with Crippen LogP contribution in [0.25, 0.3) is 6.08 Å². The monoisotopic (exact) mass is 468 g/mol. The normalized spacial score (nSPS) is 15.9. The summed E-state index contributed by atoms with van der Waals surface area (Å²) >= 11 is 7.36. The maximum Gasteiger partial charge on any atom is 0.338 e. The van der Waals surface area contributed by atoms with Crippen molar-refractivity contribution in [3.05, 3.63) is 95.6 Å². The molecule has 1 aliphatic heterocycles. The molecule has 164 valence electrons. The number of rotatable bonds is 5. The van der Waals surface area contributed by atoms with Crippen LogP contribution in [-0.4, -0.2) is 24.3 Å². The lowest BCUT2D eigenvalue weighted by molar-refractivity contribution is -0.139. The summed E-state index contributed by atoms with van der Waals surface area (Å²) in [5, 5.41) is 0.569. The van der Waals surface area contributed by atoms with E-state index in [1.807, 2.05) is 42.5 Å². The number of thiazole rings is 1. The van der Waals surface area contributed by atoms with Gasteiger partial charge in [0.1, 0.15) is 5.75 Å². The first kappa shape index (κ1) is 22.0. The lowest BCUT2D eigenvalue weighted by atomic mass is 9.96. The highest BCUT2D eigenvalue weighted by Gasteiger charge is 2.33. The van der Waals surface area contributed by atoms with Crippen LogP contribution in [0, 0.1) is 0 Å². The first-order valence-corrected chi connectivity index (χ1v) is 11.2. The zero-order chi connectivity index (χ0) is 22.8. The number of benzene rings is 2. The quantitative estimate of drug-likeness (QED) is 0.538. The van der Waals surface area contributed by atoms with Gasteiger partial charge in [0, 0.05) is 5.02 Å². The second-order valence-electron chi connectivity index (χ2n) is 7.13. The van der Waals surface area contributed by atoms with Gasteiger partial charge in [0.05, 0.1) is 35.6 Å². The van der Waals surface area contributed by atoms with Crippen LogP contribution in [-0.2, 0) is 9.53 Å². The molecule has 2 aromatic carbocycles. The van der Waals surface area contributed by atoms with Crippen molar-refractivity contribution in [3.63, 3.8) is 0 Å². The van der Waals surface area contributed by atoms with E-state index in [-0.39, 0.29) is 12.2 Å². The second kappa shape index (κ2) is 9.14. The second-order valence-corrected chi connectivity index (χ2v) is 8.57. The number of aromatic nitrogens is 1. The minimum atomic E-state index is -0.652. The van der Waals surface area contributed by atoms with Crippen molar-refractivity contribution in [1.29, 1.82) is 0 Å². The minimum absolute atomic E-state index is 0.223. The average Bonchev–Trinajstić information content (AvgIpc) is 3.08. The van der Waals surface area contributed by atoms with Crippen LogP contribution in [0.4, 0.5) is 0 Å². The van der Waals surface area contributed by atoms with Crippen molar-refractivity contribution in [2.45, 2.75) is 19.9 Å². The zero-order valence-corrected chi connectivity index (χ0v) is 19.4. The Balaban J connectivity index is 1.92. The Bertz CT molecular complexity index is 1370. The summed E-state index contributed by atoms with van der Waals surface area (Å²) in [5.74, 6) is 0.249. The molecular weight excluding hydrogens is 448 g/mol. The summed E-state index contributed by atoms with van der Waals surface area (Å²) in [6, 6.07) is 13.9. The molecule has 0 spiro atoms. The van der Waals surface area contributed by atoms with Crippen molar-refractivity contribution >= 4 is 35.0 Å². The van der Waals surface area contributed by atoms with Gasteiger partial charge >= 0.3 is 5.97 Å². The van der Waals surface area contributed by atoms with Gasteiger partial charge < -0.3 is 9.47 Å². The molecule has 1 aliphatic rings. The molecule has 0 bridgehead atoms. The van der Waals surface area contributed by atoms with Crippen molar-refractivity contribution in [3.8, 4) is 5.75 Å². The molecule has 1 atom stereocenters. The van der Waals surface area contributed by atoms with Gasteiger partial charge in [-0.1, -0.05) is 47.2 Å². The minimum Gasteiger partial charge on any atom is -0.497 e. The molecular formula is C24H21ClN2O4S. The maximum absolute atomic E-state index is 13.5. The van der Waals surface area contributed by atoms with Crippen LogP contribution in [0.3, 0.4) is 0 Å². The van der Waals surface area contributed by atoms with E-state index in [4.69, 9.17) is 21.1 Å². The SMILES string of the molecule is CCOC(=O)C1=C(C)N=c2s/c(=C\c3ccc(OC)cc3)c(=O)n2[C@@H]1c1ccc(Cl)cc1. The predicted octanol–water partition coefficient (Wildman–Crippen LogP) is 3.46. The number of esters is 1. The molecule has 4 rings (SSSR count). The van der Waals surface area contributed by atoms with E-state index in [2.05, 4.69) is 4.99 Å². The first-order chi connectivity index (χ1) is 15.4. The summed E-state index contributed by atoms with van der Waals surface area (Å²) < 4.78 is 12.6. The highest BCUT2D eigenvalue weighted by molar-refractivity contribution is 7.07. The molecule has 0 saturated carbocycles. The Hall–Kier alpha value is -3.16. The standard InChI is InChI=1S/C24H21ClN2O4S/c1-4-31-23(29)20-14(2)26-24-27(21(20)16-7-9-17(25)10-8-16)22(28)19(32-24)13-15-5-11-18(30-3)12-6-15/h5-13,21H,4H2,1-3H3/b19-13-/t21-/m1/s1. The predicted molar refractivity (Wildman–Crippen MR) is 125 cm³/mol. The number of halogens is 1. The molecule has 0 amide bonds. The van der Waals surface area contributed by atoms with Crippen LogP contribution in [0.5, 0.6) is 5.75 Å². The summed E-state index contributed by atoms with van der Waals surface area (Å²) in [6.07, 6.45) is 1.81. The number of methoxy groups -OCH3 is 1. The van der Waals surface area contributed by atoms with Crippen LogP contribution >= 0.6 is 22.9 Å². The molecule has 0 radical (unpaired) electrons. The number of fused-ring (bicyclic) bond motifs is 1. The number of carbonyl (C=O) groups is 1. The van der Waals surface area contributed by atoms with E-state index < -0.39 is 12.0 Å². The Labute approximate surface area is 193 Å². The third kappa shape index (κ3) is 4.13. The number of hydrogen-bond acceptors (Lipinski definition) is 6. The summed E-state index contributed by atoms with van der Waals surface area (Å²) in [5.41, 5.74) is 2.27. The molecule has 0 saturated heterocycles. The van der Waals surface area contributed by atoms with Gasteiger partial charge in [-0.25, -0.2) is 9.79 Å². The van der Waals surface area contributed by atoms with Crippen molar-refractivity contribution in [2.24, 2.45) is 4.99 Å². The summed E-state index contributed by atoms with van der Waals surface area (Å²) in [4.78, 5) is 31.4. The molecule has 0 N–H and O–H groups in total. The van der Waals surface area contributed by atoms with Gasteiger partial charge in [0.25, 0.3) is 5.56 Å². The molecule has 8 heteroatoms. The number of carbonyl (C=O) groups excluding carboxylic acids is 1. The number of ether oxygens (including phenoxy) is 2. The fraction of sp³-hybridized carbons (Fsp3) is 0.208. The lowest BCUT2D eigenvalue weighted by Gasteiger charge is -2.24. The molecule has 3 aromatic rings. The Morgan fingerprint density at radius 3 is 2.50 bits per heavy atom. The topological polar surface area (TPSA) is 69.9 Å². The number of hydrogen-bond donors (Lipinski definition) is 0. The van der Waals surface area contributed by atoms with Crippen molar-refractivity contribution in [1.82, 2.24) is 4.57 Å². The van der Waals surface area contributed by atoms with Gasteiger partial charge in [0.15, 0.2) is 4.80 Å².